The van der Waals surface area contributed by atoms with Crippen LogP contribution >= 0.6 is 0 Å². The van der Waals surface area contributed by atoms with Gasteiger partial charge in [0.15, 0.2) is 0 Å². The smallest absolute Gasteiger partial charge is 0.307 e. The molecule has 2 heterocycles. The van der Waals surface area contributed by atoms with Crippen LogP contribution in [0.4, 0.5) is 5.82 Å². The summed E-state index contributed by atoms with van der Waals surface area (Å²) in [5.41, 5.74) is 0.812. The number of carboxylic acids is 1. The minimum Gasteiger partial charge on any atom is -0.481 e. The maximum absolute atomic E-state index is 10.7. The first-order chi connectivity index (χ1) is 7.27. The van der Waals surface area contributed by atoms with Crippen molar-refractivity contribution in [2.45, 2.75) is 19.3 Å². The van der Waals surface area contributed by atoms with Crippen molar-refractivity contribution in [2.75, 3.05) is 18.0 Å². The first kappa shape index (κ1) is 9.96. The van der Waals surface area contributed by atoms with Gasteiger partial charge in [0.25, 0.3) is 0 Å². The molecule has 1 aromatic heterocycles. The van der Waals surface area contributed by atoms with Gasteiger partial charge in [-0.3, -0.25) is 4.79 Å². The van der Waals surface area contributed by atoms with Crippen molar-refractivity contribution < 1.29 is 9.90 Å². The van der Waals surface area contributed by atoms with Crippen molar-refractivity contribution in [3.63, 3.8) is 0 Å². The number of carbonyl (C=O) groups is 1. The first-order valence-electron chi connectivity index (χ1n) is 5.18. The summed E-state index contributed by atoms with van der Waals surface area (Å²) in [5, 5.41) is 8.79. The molecule has 0 radical (unpaired) electrons. The molecule has 0 bridgehead atoms. The average Bonchev–Trinajstić information content (AvgIpc) is 2.70. The Morgan fingerprint density at radius 1 is 1.47 bits per heavy atom. The van der Waals surface area contributed by atoms with Gasteiger partial charge in [0.1, 0.15) is 5.82 Å². The third-order valence-corrected chi connectivity index (χ3v) is 2.61. The summed E-state index contributed by atoms with van der Waals surface area (Å²) in [6.45, 7) is 1.98. The second kappa shape index (κ2) is 4.29. The van der Waals surface area contributed by atoms with Crippen LogP contribution in [0.5, 0.6) is 0 Å². The molecule has 80 valence electrons. The molecule has 0 aromatic carbocycles. The second-order valence-electron chi connectivity index (χ2n) is 3.75. The normalized spacial score (nSPS) is 15.6. The van der Waals surface area contributed by atoms with Gasteiger partial charge in [0, 0.05) is 24.8 Å². The molecule has 0 aliphatic carbocycles. The second-order valence-corrected chi connectivity index (χ2v) is 3.75. The van der Waals surface area contributed by atoms with E-state index in [9.17, 15) is 4.79 Å². The fourth-order valence-electron chi connectivity index (χ4n) is 1.94. The highest BCUT2D eigenvalue weighted by Crippen LogP contribution is 2.22. The Balaban J connectivity index is 2.24. The SMILES string of the molecule is O=C(O)Cc1cccnc1N1CCCC1. The van der Waals surface area contributed by atoms with Gasteiger partial charge in [0.2, 0.25) is 0 Å². The molecule has 2 rings (SSSR count). The summed E-state index contributed by atoms with van der Waals surface area (Å²) in [6.07, 6.45) is 4.12. The Morgan fingerprint density at radius 2 is 2.20 bits per heavy atom. The maximum atomic E-state index is 10.7. The maximum Gasteiger partial charge on any atom is 0.307 e. The number of hydrogen-bond acceptors (Lipinski definition) is 3. The largest absolute Gasteiger partial charge is 0.481 e. The number of aromatic nitrogens is 1. The molecular formula is C11H14N2O2. The summed E-state index contributed by atoms with van der Waals surface area (Å²) in [5.74, 6) is 0.0425. The molecule has 15 heavy (non-hydrogen) atoms. The van der Waals surface area contributed by atoms with Crippen LogP contribution < -0.4 is 4.90 Å². The third-order valence-electron chi connectivity index (χ3n) is 2.61. The molecule has 1 aromatic rings. The summed E-state index contributed by atoms with van der Waals surface area (Å²) in [7, 11) is 0. The van der Waals surface area contributed by atoms with Gasteiger partial charge >= 0.3 is 5.97 Å². The summed E-state index contributed by atoms with van der Waals surface area (Å²) in [6, 6.07) is 3.63. The Labute approximate surface area is 88.6 Å². The molecule has 1 aliphatic heterocycles. The number of pyridine rings is 1. The summed E-state index contributed by atoms with van der Waals surface area (Å²) in [4.78, 5) is 17.1. The Kier molecular flexibility index (Phi) is 2.85. The van der Waals surface area contributed by atoms with Gasteiger partial charge in [-0.05, 0) is 18.9 Å². The van der Waals surface area contributed by atoms with Crippen molar-refractivity contribution in [1.29, 1.82) is 0 Å². The summed E-state index contributed by atoms with van der Waals surface area (Å²) >= 11 is 0. The monoisotopic (exact) mass is 206 g/mol. The fraction of sp³-hybridized carbons (Fsp3) is 0.455. The van der Waals surface area contributed by atoms with Crippen LogP contribution in [0.15, 0.2) is 18.3 Å². The number of carboxylic acid groups (broad SMARTS) is 1. The van der Waals surface area contributed by atoms with Crippen molar-refractivity contribution >= 4 is 11.8 Å². The van der Waals surface area contributed by atoms with Crippen molar-refractivity contribution in [3.05, 3.63) is 23.9 Å². The van der Waals surface area contributed by atoms with E-state index in [0.717, 1.165) is 24.5 Å². The van der Waals surface area contributed by atoms with Gasteiger partial charge in [-0.15, -0.1) is 0 Å². The number of aliphatic carboxylic acids is 1. The van der Waals surface area contributed by atoms with Crippen molar-refractivity contribution in [1.82, 2.24) is 4.98 Å². The Hall–Kier alpha value is -1.58. The van der Waals surface area contributed by atoms with Crippen LogP contribution in [0.3, 0.4) is 0 Å². The molecule has 0 amide bonds. The highest BCUT2D eigenvalue weighted by Gasteiger charge is 2.17. The van der Waals surface area contributed by atoms with Crippen LogP contribution in [-0.2, 0) is 11.2 Å². The molecule has 0 spiro atoms. The molecule has 0 saturated carbocycles. The van der Waals surface area contributed by atoms with E-state index in [0.29, 0.717) is 0 Å². The van der Waals surface area contributed by atoms with Crippen LogP contribution in [0.2, 0.25) is 0 Å². The lowest BCUT2D eigenvalue weighted by Gasteiger charge is -2.18. The van der Waals surface area contributed by atoms with Gasteiger partial charge in [0.05, 0.1) is 6.42 Å². The molecule has 1 fully saturated rings. The average molecular weight is 206 g/mol. The third kappa shape index (κ3) is 2.26. The number of nitrogens with zero attached hydrogens (tertiary/aromatic N) is 2. The van der Waals surface area contributed by atoms with E-state index in [4.69, 9.17) is 5.11 Å². The number of anilines is 1. The van der Waals surface area contributed by atoms with E-state index in [1.165, 1.54) is 12.8 Å². The lowest BCUT2D eigenvalue weighted by atomic mass is 10.2. The van der Waals surface area contributed by atoms with Crippen LogP contribution in [0.1, 0.15) is 18.4 Å². The molecule has 4 heteroatoms. The Bertz CT molecular complexity index is 359. The fourth-order valence-corrected chi connectivity index (χ4v) is 1.94. The Morgan fingerprint density at radius 3 is 2.87 bits per heavy atom. The predicted octanol–water partition coefficient (Wildman–Crippen LogP) is 1.31. The zero-order chi connectivity index (χ0) is 10.7. The quantitative estimate of drug-likeness (QED) is 0.810. The van der Waals surface area contributed by atoms with Crippen LogP contribution in [0, 0.1) is 0 Å². The lowest BCUT2D eigenvalue weighted by molar-refractivity contribution is -0.136. The number of hydrogen-bond donors (Lipinski definition) is 1. The molecule has 1 saturated heterocycles. The van der Waals surface area contributed by atoms with Gasteiger partial charge in [-0.2, -0.15) is 0 Å². The topological polar surface area (TPSA) is 53.4 Å². The van der Waals surface area contributed by atoms with E-state index in [1.807, 2.05) is 6.07 Å². The molecular weight excluding hydrogens is 192 g/mol. The molecule has 4 nitrogen and oxygen atoms in total. The van der Waals surface area contributed by atoms with E-state index < -0.39 is 5.97 Å². The zero-order valence-electron chi connectivity index (χ0n) is 8.52. The van der Waals surface area contributed by atoms with E-state index in [1.54, 1.807) is 12.3 Å². The lowest BCUT2D eigenvalue weighted by Crippen LogP contribution is -2.21. The highest BCUT2D eigenvalue weighted by atomic mass is 16.4. The first-order valence-corrected chi connectivity index (χ1v) is 5.18. The minimum absolute atomic E-state index is 0.0552. The standard InChI is InChI=1S/C11H14N2O2/c14-10(15)8-9-4-3-5-12-11(9)13-6-1-2-7-13/h3-5H,1-2,6-8H2,(H,14,15). The molecule has 0 atom stereocenters. The van der Waals surface area contributed by atoms with Crippen molar-refractivity contribution in [3.8, 4) is 0 Å². The number of rotatable bonds is 3. The van der Waals surface area contributed by atoms with E-state index in [-0.39, 0.29) is 6.42 Å². The van der Waals surface area contributed by atoms with Gasteiger partial charge < -0.3 is 10.0 Å². The highest BCUT2D eigenvalue weighted by molar-refractivity contribution is 5.72. The van der Waals surface area contributed by atoms with Crippen molar-refractivity contribution in [2.24, 2.45) is 0 Å². The van der Waals surface area contributed by atoms with E-state index in [2.05, 4.69) is 9.88 Å². The van der Waals surface area contributed by atoms with Crippen LogP contribution in [-0.4, -0.2) is 29.1 Å². The van der Waals surface area contributed by atoms with Crippen LogP contribution in [0.25, 0.3) is 0 Å². The van der Waals surface area contributed by atoms with E-state index >= 15 is 0 Å². The molecule has 1 N–H and O–H groups in total. The molecule has 1 aliphatic rings. The molecule has 0 unspecified atom stereocenters. The van der Waals surface area contributed by atoms with Gasteiger partial charge in [-0.25, -0.2) is 4.98 Å². The predicted molar refractivity (Wildman–Crippen MR) is 57.0 cm³/mol. The van der Waals surface area contributed by atoms with Gasteiger partial charge in [-0.1, -0.05) is 6.07 Å². The summed E-state index contributed by atoms with van der Waals surface area (Å²) < 4.78 is 0. The zero-order valence-corrected chi connectivity index (χ0v) is 8.52. The minimum atomic E-state index is -0.802.